The highest BCUT2D eigenvalue weighted by atomic mass is 16.4. The largest absolute Gasteiger partial charge is 0.481 e. The molecule has 2 aliphatic rings. The summed E-state index contributed by atoms with van der Waals surface area (Å²) in [6.45, 7) is 2.40. The van der Waals surface area contributed by atoms with Crippen molar-refractivity contribution in [2.24, 2.45) is 17.8 Å². The van der Waals surface area contributed by atoms with Crippen molar-refractivity contribution >= 4 is 11.9 Å². The van der Waals surface area contributed by atoms with Gasteiger partial charge in [-0.15, -0.1) is 0 Å². The molecule has 3 N–H and O–H groups in total. The number of nitrogens with one attached hydrogen (secondary N) is 1. The van der Waals surface area contributed by atoms with Gasteiger partial charge in [-0.2, -0.15) is 0 Å². The van der Waals surface area contributed by atoms with Crippen LogP contribution >= 0.6 is 0 Å². The summed E-state index contributed by atoms with van der Waals surface area (Å²) < 4.78 is 0. The number of hydrogen-bond acceptors (Lipinski definition) is 3. The Kier molecular flexibility index (Phi) is 5.04. The maximum absolute atomic E-state index is 12.2. The molecule has 118 valence electrons. The van der Waals surface area contributed by atoms with Gasteiger partial charge in [-0.1, -0.05) is 19.1 Å². The predicted molar refractivity (Wildman–Crippen MR) is 78.6 cm³/mol. The molecule has 0 aromatic rings. The van der Waals surface area contributed by atoms with E-state index in [1.807, 2.05) is 12.2 Å². The highest BCUT2D eigenvalue weighted by molar-refractivity contribution is 5.85. The number of amides is 1. The van der Waals surface area contributed by atoms with Crippen LogP contribution in [0.3, 0.4) is 0 Å². The zero-order valence-electron chi connectivity index (χ0n) is 12.5. The molecule has 0 aromatic carbocycles. The topological polar surface area (TPSA) is 86.6 Å². The van der Waals surface area contributed by atoms with Gasteiger partial charge in [0.25, 0.3) is 0 Å². The van der Waals surface area contributed by atoms with Gasteiger partial charge in [0.1, 0.15) is 0 Å². The van der Waals surface area contributed by atoms with E-state index in [1.54, 1.807) is 0 Å². The molecule has 0 bridgehead atoms. The molecule has 5 nitrogen and oxygen atoms in total. The molecule has 0 saturated heterocycles. The first-order valence-corrected chi connectivity index (χ1v) is 7.79. The lowest BCUT2D eigenvalue weighted by molar-refractivity contribution is -0.147. The quantitative estimate of drug-likeness (QED) is 0.689. The molecule has 0 radical (unpaired) electrons. The van der Waals surface area contributed by atoms with Gasteiger partial charge >= 0.3 is 5.97 Å². The van der Waals surface area contributed by atoms with Crippen molar-refractivity contribution < 1.29 is 19.8 Å². The standard InChI is InChI=1S/C16H25NO4/c1-11-6-8-16(21,9-7-11)10-17-14(18)12-4-2-3-5-13(12)15(19)20/h2-3,11-13,21H,4-10H2,1H3,(H,17,18)(H,19,20)/t11?,12-,13+,16?/m1/s1. The molecule has 1 amide bonds. The first kappa shape index (κ1) is 16.0. The summed E-state index contributed by atoms with van der Waals surface area (Å²) in [5, 5.41) is 22.4. The second-order valence-electron chi connectivity index (χ2n) is 6.62. The van der Waals surface area contributed by atoms with E-state index in [9.17, 15) is 19.8 Å². The van der Waals surface area contributed by atoms with Crippen LogP contribution in [0.1, 0.15) is 45.4 Å². The zero-order chi connectivity index (χ0) is 15.5. The van der Waals surface area contributed by atoms with Gasteiger partial charge < -0.3 is 15.5 Å². The number of carbonyl (C=O) groups excluding carboxylic acids is 1. The molecule has 2 atom stereocenters. The van der Waals surface area contributed by atoms with E-state index in [4.69, 9.17) is 0 Å². The lowest BCUT2D eigenvalue weighted by Crippen LogP contribution is -2.48. The number of carbonyl (C=O) groups is 2. The van der Waals surface area contributed by atoms with Gasteiger partial charge in [0, 0.05) is 6.54 Å². The average molecular weight is 295 g/mol. The van der Waals surface area contributed by atoms with Crippen LogP contribution < -0.4 is 5.32 Å². The maximum Gasteiger partial charge on any atom is 0.307 e. The highest BCUT2D eigenvalue weighted by Gasteiger charge is 2.36. The molecule has 2 aliphatic carbocycles. The number of rotatable bonds is 4. The number of carboxylic acids is 1. The van der Waals surface area contributed by atoms with Gasteiger partial charge in [-0.05, 0) is 44.4 Å². The fraction of sp³-hybridized carbons (Fsp3) is 0.750. The van der Waals surface area contributed by atoms with Crippen LogP contribution in [-0.2, 0) is 9.59 Å². The summed E-state index contributed by atoms with van der Waals surface area (Å²) in [7, 11) is 0. The van der Waals surface area contributed by atoms with Crippen LogP contribution in [0.15, 0.2) is 12.2 Å². The Bertz CT molecular complexity index is 424. The van der Waals surface area contributed by atoms with E-state index >= 15 is 0 Å². The Morgan fingerprint density at radius 1 is 1.19 bits per heavy atom. The Hall–Kier alpha value is -1.36. The van der Waals surface area contributed by atoms with E-state index in [1.165, 1.54) is 0 Å². The minimum atomic E-state index is -0.926. The normalized spacial score (nSPS) is 36.2. The van der Waals surface area contributed by atoms with Crippen molar-refractivity contribution in [3.05, 3.63) is 12.2 Å². The molecule has 0 unspecified atom stereocenters. The van der Waals surface area contributed by atoms with Crippen LogP contribution in [0.25, 0.3) is 0 Å². The molecule has 21 heavy (non-hydrogen) atoms. The van der Waals surface area contributed by atoms with E-state index in [-0.39, 0.29) is 12.5 Å². The number of allylic oxidation sites excluding steroid dienone is 2. The molecular formula is C16H25NO4. The third-order valence-electron chi connectivity index (χ3n) is 4.88. The van der Waals surface area contributed by atoms with Crippen LogP contribution in [0.2, 0.25) is 0 Å². The number of aliphatic hydroxyl groups is 1. The van der Waals surface area contributed by atoms with Crippen LogP contribution in [0.5, 0.6) is 0 Å². The monoisotopic (exact) mass is 295 g/mol. The highest BCUT2D eigenvalue weighted by Crippen LogP contribution is 2.32. The molecule has 5 heteroatoms. The van der Waals surface area contributed by atoms with E-state index in [0.717, 1.165) is 12.8 Å². The lowest BCUT2D eigenvalue weighted by Gasteiger charge is -2.35. The van der Waals surface area contributed by atoms with Crippen LogP contribution in [0.4, 0.5) is 0 Å². The summed E-state index contributed by atoms with van der Waals surface area (Å²) in [6, 6.07) is 0. The molecule has 0 aromatic heterocycles. The van der Waals surface area contributed by atoms with Crippen molar-refractivity contribution in [3.8, 4) is 0 Å². The van der Waals surface area contributed by atoms with Crippen LogP contribution in [-0.4, -0.2) is 34.2 Å². The Labute approximate surface area is 125 Å². The van der Waals surface area contributed by atoms with Crippen molar-refractivity contribution in [2.75, 3.05) is 6.54 Å². The summed E-state index contributed by atoms with van der Waals surface area (Å²) in [4.78, 5) is 23.5. The molecule has 2 rings (SSSR count). The third-order valence-corrected chi connectivity index (χ3v) is 4.88. The van der Waals surface area contributed by atoms with Gasteiger partial charge in [0.2, 0.25) is 5.91 Å². The summed E-state index contributed by atoms with van der Waals surface area (Å²) in [5.41, 5.74) is -0.828. The minimum absolute atomic E-state index is 0.227. The number of hydrogen-bond donors (Lipinski definition) is 3. The molecular weight excluding hydrogens is 270 g/mol. The van der Waals surface area contributed by atoms with E-state index < -0.39 is 23.4 Å². The fourth-order valence-electron chi connectivity index (χ4n) is 3.24. The minimum Gasteiger partial charge on any atom is -0.481 e. The fourth-order valence-corrected chi connectivity index (χ4v) is 3.24. The Morgan fingerprint density at radius 2 is 1.76 bits per heavy atom. The van der Waals surface area contributed by atoms with Crippen molar-refractivity contribution in [1.29, 1.82) is 0 Å². The SMILES string of the molecule is CC1CCC(O)(CNC(=O)[C@@H]2CC=CC[C@@H]2C(=O)O)CC1. The average Bonchev–Trinajstić information content (AvgIpc) is 2.48. The first-order chi connectivity index (χ1) is 9.91. The predicted octanol–water partition coefficient (Wildman–Crippen LogP) is 1.71. The van der Waals surface area contributed by atoms with Crippen molar-refractivity contribution in [3.63, 3.8) is 0 Å². The van der Waals surface area contributed by atoms with Gasteiger partial charge in [-0.3, -0.25) is 9.59 Å². The lowest BCUT2D eigenvalue weighted by atomic mass is 9.79. The zero-order valence-corrected chi connectivity index (χ0v) is 12.5. The summed E-state index contributed by atoms with van der Waals surface area (Å²) in [6.07, 6.45) is 7.86. The molecule has 0 heterocycles. The smallest absolute Gasteiger partial charge is 0.307 e. The van der Waals surface area contributed by atoms with Gasteiger partial charge in [0.05, 0.1) is 17.4 Å². The van der Waals surface area contributed by atoms with Crippen molar-refractivity contribution in [2.45, 2.75) is 51.0 Å². The summed E-state index contributed by atoms with van der Waals surface area (Å²) in [5.74, 6) is -1.74. The molecule has 1 fully saturated rings. The molecule has 1 saturated carbocycles. The molecule has 0 aliphatic heterocycles. The number of carboxylic acid groups (broad SMARTS) is 1. The summed E-state index contributed by atoms with van der Waals surface area (Å²) >= 11 is 0. The Morgan fingerprint density at radius 3 is 2.33 bits per heavy atom. The van der Waals surface area contributed by atoms with Crippen molar-refractivity contribution in [1.82, 2.24) is 5.32 Å². The van der Waals surface area contributed by atoms with Gasteiger partial charge in [-0.25, -0.2) is 0 Å². The second-order valence-corrected chi connectivity index (χ2v) is 6.62. The Balaban J connectivity index is 1.89. The van der Waals surface area contributed by atoms with E-state index in [0.29, 0.717) is 31.6 Å². The van der Waals surface area contributed by atoms with E-state index in [2.05, 4.69) is 12.2 Å². The first-order valence-electron chi connectivity index (χ1n) is 7.79. The number of aliphatic carboxylic acids is 1. The second kappa shape index (κ2) is 6.60. The maximum atomic E-state index is 12.2. The third kappa shape index (κ3) is 4.06. The van der Waals surface area contributed by atoms with Gasteiger partial charge in [0.15, 0.2) is 0 Å². The van der Waals surface area contributed by atoms with Crippen LogP contribution in [0, 0.1) is 17.8 Å². The molecule has 0 spiro atoms.